The van der Waals surface area contributed by atoms with Gasteiger partial charge < -0.3 is 10.1 Å². The lowest BCUT2D eigenvalue weighted by Crippen LogP contribution is -2.18. The van der Waals surface area contributed by atoms with E-state index in [1.807, 2.05) is 30.3 Å². The average Bonchev–Trinajstić information content (AvgIpc) is 3.10. The van der Waals surface area contributed by atoms with Crippen molar-refractivity contribution in [1.82, 2.24) is 19.6 Å². The summed E-state index contributed by atoms with van der Waals surface area (Å²) in [6, 6.07) is 16.9. The van der Waals surface area contributed by atoms with Crippen LogP contribution in [-0.2, 0) is 6.61 Å². The number of halogens is 1. The lowest BCUT2D eigenvalue weighted by molar-refractivity contribution is 0.102. The number of nitrogens with one attached hydrogen (secondary N) is 2. The molecule has 2 heterocycles. The number of carbonyl (C=O) groups excluding carboxylic acids is 1. The maximum atomic E-state index is 12.4. The molecule has 0 aliphatic carbocycles. The fourth-order valence-electron chi connectivity index (χ4n) is 2.54. The molecule has 1 amide bonds. The number of hydrogen-bond donors (Lipinski definition) is 2. The zero-order valence-corrected chi connectivity index (χ0v) is 15.2. The number of amides is 1. The van der Waals surface area contributed by atoms with Crippen LogP contribution in [0.1, 0.15) is 16.2 Å². The fourth-order valence-corrected chi connectivity index (χ4v) is 2.67. The van der Waals surface area contributed by atoms with Crippen LogP contribution in [0.4, 0.5) is 5.82 Å². The topological polar surface area (TPSA) is 101 Å². The highest BCUT2D eigenvalue weighted by atomic mass is 35.5. The lowest BCUT2D eigenvalue weighted by Gasteiger charge is -2.06. The number of rotatable bonds is 5. The molecule has 2 aromatic heterocycles. The van der Waals surface area contributed by atoms with Gasteiger partial charge in [0.1, 0.15) is 18.2 Å². The molecule has 28 heavy (non-hydrogen) atoms. The van der Waals surface area contributed by atoms with Crippen molar-refractivity contribution in [1.29, 1.82) is 0 Å². The predicted molar refractivity (Wildman–Crippen MR) is 104 cm³/mol. The minimum atomic E-state index is -0.415. The predicted octanol–water partition coefficient (Wildman–Crippen LogP) is 2.90. The first-order chi connectivity index (χ1) is 13.6. The number of aromatic amines is 1. The van der Waals surface area contributed by atoms with Crippen LogP contribution in [0.25, 0.3) is 5.78 Å². The first-order valence-corrected chi connectivity index (χ1v) is 8.70. The Balaban J connectivity index is 1.59. The minimum Gasteiger partial charge on any atom is -0.486 e. The normalized spacial score (nSPS) is 10.8. The summed E-state index contributed by atoms with van der Waals surface area (Å²) in [4.78, 5) is 31.2. The van der Waals surface area contributed by atoms with Crippen molar-refractivity contribution < 1.29 is 9.53 Å². The number of para-hydroxylation sites is 1. The van der Waals surface area contributed by atoms with Gasteiger partial charge in [-0.05, 0) is 36.4 Å². The highest BCUT2D eigenvalue weighted by Gasteiger charge is 2.13. The molecule has 0 bridgehead atoms. The van der Waals surface area contributed by atoms with E-state index in [1.165, 1.54) is 10.6 Å². The quantitative estimate of drug-likeness (QED) is 0.541. The van der Waals surface area contributed by atoms with Gasteiger partial charge in [0.15, 0.2) is 5.82 Å². The third-order valence-corrected chi connectivity index (χ3v) is 4.09. The van der Waals surface area contributed by atoms with Gasteiger partial charge in [0.25, 0.3) is 11.5 Å². The third-order valence-electron chi connectivity index (χ3n) is 3.84. The summed E-state index contributed by atoms with van der Waals surface area (Å²) in [5, 5.41) is 7.49. The summed E-state index contributed by atoms with van der Waals surface area (Å²) in [5.74, 6) is 1.02. The van der Waals surface area contributed by atoms with Gasteiger partial charge in [-0.25, -0.2) is 0 Å². The zero-order valence-electron chi connectivity index (χ0n) is 14.4. The largest absolute Gasteiger partial charge is 0.486 e. The van der Waals surface area contributed by atoms with E-state index in [-0.39, 0.29) is 18.2 Å². The van der Waals surface area contributed by atoms with Gasteiger partial charge in [0, 0.05) is 16.7 Å². The Hall–Kier alpha value is -3.65. The molecule has 0 aliphatic heterocycles. The van der Waals surface area contributed by atoms with Gasteiger partial charge in [-0.15, -0.1) is 5.10 Å². The highest BCUT2D eigenvalue weighted by Crippen LogP contribution is 2.14. The summed E-state index contributed by atoms with van der Waals surface area (Å²) in [5.41, 5.74) is -0.0209. The number of ether oxygens (including phenoxy) is 1. The van der Waals surface area contributed by atoms with Gasteiger partial charge in [0.2, 0.25) is 5.78 Å². The smallest absolute Gasteiger partial charge is 0.256 e. The third kappa shape index (κ3) is 3.86. The molecule has 4 rings (SSSR count). The number of H-pyrrole nitrogens is 1. The Bertz CT molecular complexity index is 1190. The molecule has 2 N–H and O–H groups in total. The zero-order chi connectivity index (χ0) is 19.5. The molecule has 140 valence electrons. The molecule has 0 atom stereocenters. The summed E-state index contributed by atoms with van der Waals surface area (Å²) >= 11 is 5.84. The Morgan fingerprint density at radius 3 is 2.64 bits per heavy atom. The van der Waals surface area contributed by atoms with Crippen LogP contribution in [0.3, 0.4) is 0 Å². The molecule has 4 aromatic rings. The average molecular weight is 396 g/mol. The number of anilines is 1. The van der Waals surface area contributed by atoms with Crippen LogP contribution in [0, 0.1) is 0 Å². The van der Waals surface area contributed by atoms with Crippen LogP contribution in [-0.4, -0.2) is 25.5 Å². The fraction of sp³-hybridized carbons (Fsp3) is 0.0526. The summed E-state index contributed by atoms with van der Waals surface area (Å²) in [6.07, 6.45) is 0. The first kappa shape index (κ1) is 17.7. The lowest BCUT2D eigenvalue weighted by atomic mass is 10.2. The Morgan fingerprint density at radius 1 is 1.14 bits per heavy atom. The molecular formula is C19H14ClN5O3. The molecule has 0 saturated carbocycles. The van der Waals surface area contributed by atoms with E-state index < -0.39 is 11.5 Å². The van der Waals surface area contributed by atoms with Gasteiger partial charge in [-0.1, -0.05) is 29.8 Å². The molecule has 0 aliphatic rings. The SMILES string of the molecule is O=C(Nc1cc(=O)[nH]c2nc(COc3ccccc3)nn12)c1ccc(Cl)cc1. The van der Waals surface area contributed by atoms with Gasteiger partial charge >= 0.3 is 0 Å². The number of hydrogen-bond acceptors (Lipinski definition) is 5. The van der Waals surface area contributed by atoms with Crippen molar-refractivity contribution >= 4 is 29.1 Å². The van der Waals surface area contributed by atoms with Crippen molar-refractivity contribution in [2.24, 2.45) is 0 Å². The molecule has 0 radical (unpaired) electrons. The van der Waals surface area contributed by atoms with Gasteiger partial charge in [-0.3, -0.25) is 14.6 Å². The number of fused-ring (bicyclic) bond motifs is 1. The molecule has 0 spiro atoms. The van der Waals surface area contributed by atoms with E-state index in [1.54, 1.807) is 24.3 Å². The van der Waals surface area contributed by atoms with Crippen molar-refractivity contribution in [3.05, 3.63) is 87.4 Å². The van der Waals surface area contributed by atoms with E-state index in [2.05, 4.69) is 20.4 Å². The van der Waals surface area contributed by atoms with Crippen LogP contribution < -0.4 is 15.6 Å². The van der Waals surface area contributed by atoms with Gasteiger partial charge in [-0.2, -0.15) is 9.50 Å². The van der Waals surface area contributed by atoms with Crippen LogP contribution >= 0.6 is 11.6 Å². The summed E-state index contributed by atoms with van der Waals surface area (Å²) < 4.78 is 6.97. The Labute approximate surface area is 163 Å². The molecular weight excluding hydrogens is 382 g/mol. The number of aromatic nitrogens is 4. The molecule has 2 aromatic carbocycles. The van der Waals surface area contributed by atoms with Crippen LogP contribution in [0.2, 0.25) is 5.02 Å². The Morgan fingerprint density at radius 2 is 1.89 bits per heavy atom. The summed E-state index contributed by atoms with van der Waals surface area (Å²) in [7, 11) is 0. The van der Waals surface area contributed by atoms with E-state index in [0.29, 0.717) is 22.2 Å². The van der Waals surface area contributed by atoms with E-state index in [4.69, 9.17) is 16.3 Å². The molecule has 0 unspecified atom stereocenters. The van der Waals surface area contributed by atoms with E-state index in [9.17, 15) is 9.59 Å². The Kier molecular flexibility index (Phi) is 4.77. The van der Waals surface area contributed by atoms with E-state index >= 15 is 0 Å². The maximum Gasteiger partial charge on any atom is 0.256 e. The maximum absolute atomic E-state index is 12.4. The van der Waals surface area contributed by atoms with Crippen molar-refractivity contribution in [3.63, 3.8) is 0 Å². The summed E-state index contributed by atoms with van der Waals surface area (Å²) in [6.45, 7) is 0.109. The van der Waals surface area contributed by atoms with E-state index in [0.717, 1.165) is 0 Å². The van der Waals surface area contributed by atoms with Crippen LogP contribution in [0.5, 0.6) is 5.75 Å². The molecule has 0 saturated heterocycles. The van der Waals surface area contributed by atoms with Crippen molar-refractivity contribution in [2.75, 3.05) is 5.32 Å². The van der Waals surface area contributed by atoms with Crippen molar-refractivity contribution in [2.45, 2.75) is 6.61 Å². The second-order valence-corrected chi connectivity index (χ2v) is 6.28. The standard InChI is InChI=1S/C19H14ClN5O3/c20-13-8-6-12(7-9-13)18(27)22-16-10-17(26)23-19-21-15(24-25(16)19)11-28-14-4-2-1-3-5-14/h1-10H,11H2,(H,22,27)(H,21,23,24,26). The second kappa shape index (κ2) is 7.53. The number of carbonyl (C=O) groups is 1. The van der Waals surface area contributed by atoms with Gasteiger partial charge in [0.05, 0.1) is 0 Å². The monoisotopic (exact) mass is 395 g/mol. The van der Waals surface area contributed by atoms with Crippen LogP contribution in [0.15, 0.2) is 65.5 Å². The second-order valence-electron chi connectivity index (χ2n) is 5.85. The molecule has 8 nitrogen and oxygen atoms in total. The first-order valence-electron chi connectivity index (χ1n) is 8.32. The minimum absolute atomic E-state index is 0.109. The molecule has 9 heteroatoms. The highest BCUT2D eigenvalue weighted by molar-refractivity contribution is 6.30. The number of benzene rings is 2. The van der Waals surface area contributed by atoms with Crippen molar-refractivity contribution in [3.8, 4) is 5.75 Å². The molecule has 0 fully saturated rings. The number of nitrogens with zero attached hydrogens (tertiary/aromatic N) is 3.